The minimum Gasteiger partial charge on any atom is -0.444 e. The second kappa shape index (κ2) is 11.0. The summed E-state index contributed by atoms with van der Waals surface area (Å²) in [5.41, 5.74) is 1.28. The largest absolute Gasteiger partial charge is 0.444 e. The average molecular weight is 583 g/mol. The highest BCUT2D eigenvalue weighted by atomic mass is 16.6. The van der Waals surface area contributed by atoms with Gasteiger partial charge in [0.15, 0.2) is 5.65 Å². The SMILES string of the molecule is CC(C)(C)OC(=O)N1CCCC(Nc2cc(-c3cn(C(=O)OC(C)(C)C)c4cc(C#N)ccc34)nc3c(C#N)cnn23)C1. The van der Waals surface area contributed by atoms with Gasteiger partial charge in [-0.25, -0.2) is 14.6 Å². The number of benzene rings is 1. The molecule has 0 spiro atoms. The van der Waals surface area contributed by atoms with Crippen LogP contribution in [-0.2, 0) is 9.47 Å². The molecule has 12 heteroatoms. The smallest absolute Gasteiger partial charge is 0.419 e. The van der Waals surface area contributed by atoms with Crippen LogP contribution in [0.25, 0.3) is 27.8 Å². The second-order valence-electron chi connectivity index (χ2n) is 12.6. The lowest BCUT2D eigenvalue weighted by Gasteiger charge is -2.34. The van der Waals surface area contributed by atoms with Gasteiger partial charge in [0.2, 0.25) is 0 Å². The Morgan fingerprint density at radius 2 is 1.74 bits per heavy atom. The van der Waals surface area contributed by atoms with Crippen molar-refractivity contribution >= 4 is 34.6 Å². The summed E-state index contributed by atoms with van der Waals surface area (Å²) >= 11 is 0. The van der Waals surface area contributed by atoms with E-state index in [1.807, 2.05) is 20.8 Å². The number of nitrogens with one attached hydrogen (secondary N) is 1. The predicted molar refractivity (Wildman–Crippen MR) is 159 cm³/mol. The standard InChI is InChI=1S/C31H34N8O4/c1-30(2,3)42-28(40)37-11-7-8-21(17-37)35-26-13-24(36-27-20(15-33)16-34-39(26)27)23-18-38(29(41)43-31(4,5)6)25-12-19(14-32)9-10-22(23)25/h9-10,12-13,16,18,21,35H,7-8,11,17H2,1-6H3. The number of rotatable bonds is 3. The Balaban J connectivity index is 1.58. The summed E-state index contributed by atoms with van der Waals surface area (Å²) in [6.07, 6.45) is 3.72. The van der Waals surface area contributed by atoms with E-state index in [-0.39, 0.29) is 17.7 Å². The molecule has 1 saturated heterocycles. The van der Waals surface area contributed by atoms with Crippen LogP contribution in [-0.4, -0.2) is 66.6 Å². The summed E-state index contributed by atoms with van der Waals surface area (Å²) in [4.78, 5) is 32.5. The Hall–Kier alpha value is -5.10. The zero-order valence-electron chi connectivity index (χ0n) is 25.1. The van der Waals surface area contributed by atoms with Crippen LogP contribution in [0.3, 0.4) is 0 Å². The molecule has 43 heavy (non-hydrogen) atoms. The first-order valence-corrected chi connectivity index (χ1v) is 14.1. The maximum absolute atomic E-state index is 13.2. The van der Waals surface area contributed by atoms with E-state index in [0.717, 1.165) is 12.8 Å². The van der Waals surface area contributed by atoms with Crippen LogP contribution in [0.2, 0.25) is 0 Å². The van der Waals surface area contributed by atoms with Crippen molar-refractivity contribution < 1.29 is 19.1 Å². The number of carbonyl (C=O) groups is 2. The van der Waals surface area contributed by atoms with Crippen molar-refractivity contribution in [2.24, 2.45) is 0 Å². The molecule has 0 radical (unpaired) electrons. The van der Waals surface area contributed by atoms with E-state index in [2.05, 4.69) is 22.6 Å². The lowest BCUT2D eigenvalue weighted by Crippen LogP contribution is -2.47. The van der Waals surface area contributed by atoms with E-state index in [0.29, 0.717) is 52.3 Å². The molecule has 222 valence electrons. The summed E-state index contributed by atoms with van der Waals surface area (Å²) in [5.74, 6) is 0.573. The van der Waals surface area contributed by atoms with Crippen LogP contribution in [0.4, 0.5) is 15.4 Å². The minimum absolute atomic E-state index is 0.115. The zero-order chi connectivity index (χ0) is 31.1. The zero-order valence-corrected chi connectivity index (χ0v) is 25.1. The molecule has 0 bridgehead atoms. The van der Waals surface area contributed by atoms with E-state index in [4.69, 9.17) is 14.5 Å². The average Bonchev–Trinajstić information content (AvgIpc) is 3.52. The van der Waals surface area contributed by atoms with Gasteiger partial charge in [0, 0.05) is 42.3 Å². The highest BCUT2D eigenvalue weighted by molar-refractivity contribution is 6.01. The molecule has 1 aliphatic heterocycles. The summed E-state index contributed by atoms with van der Waals surface area (Å²) in [6.45, 7) is 11.9. The Kier molecular flexibility index (Phi) is 7.49. The van der Waals surface area contributed by atoms with Gasteiger partial charge in [0.1, 0.15) is 28.7 Å². The fourth-order valence-electron chi connectivity index (χ4n) is 5.04. The molecule has 1 N–H and O–H groups in total. The summed E-state index contributed by atoms with van der Waals surface area (Å²) in [6, 6.07) is 11.0. The second-order valence-corrected chi connectivity index (χ2v) is 12.6. The van der Waals surface area contributed by atoms with Gasteiger partial charge < -0.3 is 19.7 Å². The number of likely N-dealkylation sites (tertiary alicyclic amines) is 1. The first-order chi connectivity index (χ1) is 20.3. The van der Waals surface area contributed by atoms with Crippen molar-refractivity contribution in [1.82, 2.24) is 24.1 Å². The number of hydrogen-bond donors (Lipinski definition) is 1. The summed E-state index contributed by atoms with van der Waals surface area (Å²) in [7, 11) is 0. The first-order valence-electron chi connectivity index (χ1n) is 14.1. The van der Waals surface area contributed by atoms with Crippen molar-refractivity contribution in [3.05, 3.63) is 47.8 Å². The number of nitrogens with zero attached hydrogens (tertiary/aromatic N) is 7. The molecule has 1 atom stereocenters. The lowest BCUT2D eigenvalue weighted by atomic mass is 10.1. The van der Waals surface area contributed by atoms with Gasteiger partial charge in [-0.3, -0.25) is 4.57 Å². The predicted octanol–water partition coefficient (Wildman–Crippen LogP) is 5.69. The van der Waals surface area contributed by atoms with Gasteiger partial charge in [-0.2, -0.15) is 20.1 Å². The van der Waals surface area contributed by atoms with Crippen LogP contribution in [0, 0.1) is 22.7 Å². The van der Waals surface area contributed by atoms with E-state index >= 15 is 0 Å². The number of anilines is 1. The number of aromatic nitrogens is 4. The number of ether oxygens (including phenoxy) is 2. The van der Waals surface area contributed by atoms with Gasteiger partial charge in [-0.1, -0.05) is 6.07 Å². The van der Waals surface area contributed by atoms with Crippen molar-refractivity contribution in [3.8, 4) is 23.4 Å². The van der Waals surface area contributed by atoms with E-state index in [1.165, 1.54) is 10.8 Å². The number of hydrogen-bond acceptors (Lipinski definition) is 9. The van der Waals surface area contributed by atoms with Crippen LogP contribution >= 0.6 is 0 Å². The molecule has 5 rings (SSSR count). The Labute approximate surface area is 249 Å². The van der Waals surface area contributed by atoms with E-state index < -0.39 is 17.3 Å². The monoisotopic (exact) mass is 582 g/mol. The Morgan fingerprint density at radius 3 is 2.42 bits per heavy atom. The third-order valence-corrected chi connectivity index (χ3v) is 6.82. The van der Waals surface area contributed by atoms with Crippen molar-refractivity contribution in [3.63, 3.8) is 0 Å². The molecule has 0 saturated carbocycles. The maximum Gasteiger partial charge on any atom is 0.419 e. The third-order valence-electron chi connectivity index (χ3n) is 6.82. The maximum atomic E-state index is 13.2. The fourth-order valence-corrected chi connectivity index (χ4v) is 5.04. The van der Waals surface area contributed by atoms with Crippen LogP contribution in [0.15, 0.2) is 36.7 Å². The minimum atomic E-state index is -0.735. The molecule has 1 amide bonds. The molecule has 4 aromatic rings. The van der Waals surface area contributed by atoms with E-state index in [9.17, 15) is 20.1 Å². The number of carbonyl (C=O) groups excluding carboxylic acids is 2. The fraction of sp³-hybridized carbons (Fsp3) is 0.419. The van der Waals surface area contributed by atoms with Crippen LogP contribution in [0.5, 0.6) is 0 Å². The quantitative estimate of drug-likeness (QED) is 0.321. The summed E-state index contributed by atoms with van der Waals surface area (Å²) < 4.78 is 14.2. The van der Waals surface area contributed by atoms with Gasteiger partial charge in [0.05, 0.1) is 29.0 Å². The number of fused-ring (bicyclic) bond motifs is 2. The topological polar surface area (TPSA) is 151 Å². The van der Waals surface area contributed by atoms with Gasteiger partial charge in [0.25, 0.3) is 0 Å². The Bertz CT molecular complexity index is 1810. The van der Waals surface area contributed by atoms with Gasteiger partial charge in [-0.15, -0.1) is 0 Å². The molecule has 0 aliphatic carbocycles. The normalized spacial score (nSPS) is 15.6. The van der Waals surface area contributed by atoms with Gasteiger partial charge >= 0.3 is 12.2 Å². The number of amides is 1. The molecular weight excluding hydrogens is 548 g/mol. The molecule has 1 fully saturated rings. The molecule has 12 nitrogen and oxygen atoms in total. The molecule has 1 aromatic carbocycles. The van der Waals surface area contributed by atoms with E-state index in [1.54, 1.807) is 60.6 Å². The first kappa shape index (κ1) is 29.4. The highest BCUT2D eigenvalue weighted by Gasteiger charge is 2.29. The highest BCUT2D eigenvalue weighted by Crippen LogP contribution is 2.33. The van der Waals surface area contributed by atoms with Crippen LogP contribution < -0.4 is 5.32 Å². The molecule has 4 heterocycles. The molecule has 3 aromatic heterocycles. The Morgan fingerprint density at radius 1 is 1.02 bits per heavy atom. The van der Waals surface area contributed by atoms with Crippen LogP contribution in [0.1, 0.15) is 65.5 Å². The van der Waals surface area contributed by atoms with Crippen molar-refractivity contribution in [2.75, 3.05) is 18.4 Å². The lowest BCUT2D eigenvalue weighted by molar-refractivity contribution is 0.0206. The number of piperidine rings is 1. The van der Waals surface area contributed by atoms with Crippen molar-refractivity contribution in [1.29, 1.82) is 10.5 Å². The molecule has 1 unspecified atom stereocenters. The summed E-state index contributed by atoms with van der Waals surface area (Å²) in [5, 5.41) is 27.9. The van der Waals surface area contributed by atoms with Gasteiger partial charge in [-0.05, 0) is 66.5 Å². The van der Waals surface area contributed by atoms with Crippen molar-refractivity contribution in [2.45, 2.75) is 71.6 Å². The molecular formula is C31H34N8O4. The number of nitriles is 2. The molecule has 1 aliphatic rings. The third kappa shape index (κ3) is 6.24.